The lowest BCUT2D eigenvalue weighted by atomic mass is 9.89. The van der Waals surface area contributed by atoms with Gasteiger partial charge in [0.25, 0.3) is 0 Å². The van der Waals surface area contributed by atoms with Crippen LogP contribution in [-0.2, 0) is 0 Å². The fraction of sp³-hybridized carbons (Fsp3) is 0. The van der Waals surface area contributed by atoms with Crippen molar-refractivity contribution in [3.63, 3.8) is 0 Å². The highest BCUT2D eigenvalue weighted by atomic mass is 14.9. The molecule has 0 spiro atoms. The number of hydrogen-bond acceptors (Lipinski definition) is 3. The van der Waals surface area contributed by atoms with Gasteiger partial charge >= 0.3 is 0 Å². The van der Waals surface area contributed by atoms with E-state index in [4.69, 9.17) is 15.0 Å². The topological polar surface area (TPSA) is 38.7 Å². The Morgan fingerprint density at radius 3 is 0.667 bits per heavy atom. The molecule has 12 aromatic rings. The highest BCUT2D eigenvalue weighted by Crippen LogP contribution is 2.39. The van der Waals surface area contributed by atoms with Crippen LogP contribution in [0.1, 0.15) is 0 Å². The van der Waals surface area contributed by atoms with Crippen LogP contribution in [0.25, 0.3) is 123 Å². The van der Waals surface area contributed by atoms with Crippen molar-refractivity contribution < 1.29 is 0 Å². The van der Waals surface area contributed by atoms with Crippen molar-refractivity contribution in [1.82, 2.24) is 15.0 Å². The summed E-state index contributed by atoms with van der Waals surface area (Å²) in [6.45, 7) is 0. The largest absolute Gasteiger partial charge is 0.248 e. The third kappa shape index (κ3) is 9.43. The lowest BCUT2D eigenvalue weighted by Crippen LogP contribution is -1.95. The number of aromatic nitrogens is 3. The van der Waals surface area contributed by atoms with Gasteiger partial charge in [-0.3, -0.25) is 0 Å². The van der Waals surface area contributed by atoms with Gasteiger partial charge in [0.2, 0.25) is 0 Å². The first kappa shape index (κ1) is 43.7. The predicted octanol–water partition coefficient (Wildman–Crippen LogP) is 18.2. The van der Waals surface area contributed by atoms with Gasteiger partial charge in [-0.15, -0.1) is 0 Å². The Morgan fingerprint density at radius 2 is 0.347 bits per heavy atom. The average molecular weight is 918 g/mol. The average Bonchev–Trinajstić information content (AvgIpc) is 3.48. The summed E-state index contributed by atoms with van der Waals surface area (Å²) in [6, 6.07) is 101. The number of hydrogen-bond donors (Lipinski definition) is 0. The molecular weight excluding hydrogens is 871 g/mol. The third-order valence-electron chi connectivity index (χ3n) is 13.3. The molecule has 0 radical (unpaired) electrons. The van der Waals surface area contributed by atoms with Crippen LogP contribution in [0.15, 0.2) is 285 Å². The second-order valence-electron chi connectivity index (χ2n) is 18.0. The molecule has 0 saturated carbocycles. The van der Waals surface area contributed by atoms with Crippen molar-refractivity contribution >= 4 is 0 Å². The van der Waals surface area contributed by atoms with Gasteiger partial charge in [0.1, 0.15) is 0 Å². The molecule has 0 unspecified atom stereocenters. The Balaban J connectivity index is 0.975. The number of pyridine rings is 1. The van der Waals surface area contributed by atoms with Gasteiger partial charge in [0.05, 0.1) is 22.8 Å². The molecule has 338 valence electrons. The first-order valence-corrected chi connectivity index (χ1v) is 24.4. The molecule has 0 amide bonds. The standard InChI is InChI=1S/C69H47N3/c1-7-19-48(20-8-1)58-39-59(49-21-9-2-10-22-49)42-62(41-58)63-43-60(51-31-35-55(36-32-51)66-46-64(50-23-11-3-12-24-50)45-65(70-66)53-25-13-4-14-26-53)40-61(44-63)52-33-37-56(38-34-52)68-47-67(54-27-15-5-16-28-54)71-69(72-68)57-29-17-6-18-30-57/h1-47H. The quantitative estimate of drug-likeness (QED) is 0.130. The fourth-order valence-electron chi connectivity index (χ4n) is 9.48. The zero-order valence-electron chi connectivity index (χ0n) is 39.5. The van der Waals surface area contributed by atoms with Gasteiger partial charge in [0.15, 0.2) is 5.82 Å². The molecule has 0 bridgehead atoms. The van der Waals surface area contributed by atoms with Crippen molar-refractivity contribution in [2.24, 2.45) is 0 Å². The van der Waals surface area contributed by atoms with Crippen molar-refractivity contribution in [2.75, 3.05) is 0 Å². The van der Waals surface area contributed by atoms with Gasteiger partial charge in [-0.1, -0.05) is 231 Å². The van der Waals surface area contributed by atoms with Crippen molar-refractivity contribution in [3.8, 4) is 123 Å². The molecule has 10 aromatic carbocycles. The lowest BCUT2D eigenvalue weighted by molar-refractivity contribution is 1.18. The van der Waals surface area contributed by atoms with E-state index in [-0.39, 0.29) is 0 Å². The smallest absolute Gasteiger partial charge is 0.160 e. The minimum atomic E-state index is 0.698. The molecule has 0 aliphatic carbocycles. The molecule has 3 nitrogen and oxygen atoms in total. The zero-order chi connectivity index (χ0) is 48.1. The minimum absolute atomic E-state index is 0.698. The van der Waals surface area contributed by atoms with Crippen LogP contribution in [0, 0.1) is 0 Å². The van der Waals surface area contributed by atoms with E-state index >= 15 is 0 Å². The summed E-state index contributed by atoms with van der Waals surface area (Å²) in [5, 5.41) is 0. The Labute approximate surface area is 421 Å². The predicted molar refractivity (Wildman–Crippen MR) is 300 cm³/mol. The highest BCUT2D eigenvalue weighted by Gasteiger charge is 2.15. The van der Waals surface area contributed by atoms with Gasteiger partial charge in [-0.05, 0) is 121 Å². The maximum Gasteiger partial charge on any atom is 0.160 e. The maximum absolute atomic E-state index is 5.24. The molecule has 12 rings (SSSR count). The van der Waals surface area contributed by atoms with Crippen molar-refractivity contribution in [2.45, 2.75) is 0 Å². The Kier molecular flexibility index (Phi) is 12.0. The molecule has 2 aromatic heterocycles. The Bertz CT molecular complexity index is 3420. The van der Waals surface area contributed by atoms with Crippen molar-refractivity contribution in [1.29, 1.82) is 0 Å². The van der Waals surface area contributed by atoms with E-state index in [9.17, 15) is 0 Å². The lowest BCUT2D eigenvalue weighted by Gasteiger charge is -2.15. The molecular formula is C69H47N3. The zero-order valence-corrected chi connectivity index (χ0v) is 39.5. The Morgan fingerprint density at radius 1 is 0.139 bits per heavy atom. The van der Waals surface area contributed by atoms with E-state index in [1.165, 1.54) is 22.3 Å². The summed E-state index contributed by atoms with van der Waals surface area (Å²) in [5.74, 6) is 0.698. The minimum Gasteiger partial charge on any atom is -0.248 e. The van der Waals surface area contributed by atoms with Crippen LogP contribution >= 0.6 is 0 Å². The molecule has 0 saturated heterocycles. The second kappa shape index (κ2) is 19.8. The molecule has 0 fully saturated rings. The summed E-state index contributed by atoms with van der Waals surface area (Å²) in [7, 11) is 0. The van der Waals surface area contributed by atoms with Crippen molar-refractivity contribution in [3.05, 3.63) is 285 Å². The van der Waals surface area contributed by atoms with E-state index in [1.807, 2.05) is 30.3 Å². The van der Waals surface area contributed by atoms with E-state index in [0.717, 1.165) is 95.1 Å². The molecule has 0 aliphatic rings. The van der Waals surface area contributed by atoms with Crippen LogP contribution in [0.2, 0.25) is 0 Å². The fourth-order valence-corrected chi connectivity index (χ4v) is 9.48. The van der Waals surface area contributed by atoms with Gasteiger partial charge in [-0.2, -0.15) is 0 Å². The van der Waals surface area contributed by atoms with E-state index in [2.05, 4.69) is 255 Å². The van der Waals surface area contributed by atoms with E-state index in [1.54, 1.807) is 0 Å². The van der Waals surface area contributed by atoms with Crippen LogP contribution in [0.4, 0.5) is 0 Å². The molecule has 72 heavy (non-hydrogen) atoms. The third-order valence-corrected chi connectivity index (χ3v) is 13.3. The summed E-state index contributed by atoms with van der Waals surface area (Å²) < 4.78 is 0. The van der Waals surface area contributed by atoms with Gasteiger partial charge < -0.3 is 0 Å². The summed E-state index contributed by atoms with van der Waals surface area (Å²) >= 11 is 0. The van der Waals surface area contributed by atoms with Gasteiger partial charge in [0, 0.05) is 27.8 Å². The van der Waals surface area contributed by atoms with Crippen LogP contribution < -0.4 is 0 Å². The van der Waals surface area contributed by atoms with Crippen LogP contribution in [0.3, 0.4) is 0 Å². The molecule has 3 heteroatoms. The first-order chi connectivity index (χ1) is 35.6. The molecule has 0 atom stereocenters. The number of rotatable bonds is 11. The monoisotopic (exact) mass is 917 g/mol. The summed E-state index contributed by atoms with van der Waals surface area (Å²) in [4.78, 5) is 15.4. The molecule has 0 aliphatic heterocycles. The van der Waals surface area contributed by atoms with E-state index < -0.39 is 0 Å². The first-order valence-electron chi connectivity index (χ1n) is 24.4. The molecule has 2 heterocycles. The van der Waals surface area contributed by atoms with Gasteiger partial charge in [-0.25, -0.2) is 15.0 Å². The van der Waals surface area contributed by atoms with Crippen LogP contribution in [0.5, 0.6) is 0 Å². The molecule has 0 N–H and O–H groups in total. The normalized spacial score (nSPS) is 11.1. The maximum atomic E-state index is 5.24. The number of benzene rings is 10. The summed E-state index contributed by atoms with van der Waals surface area (Å²) in [5.41, 5.74) is 22.5. The highest BCUT2D eigenvalue weighted by molar-refractivity contribution is 5.87. The van der Waals surface area contributed by atoms with E-state index in [0.29, 0.717) is 5.82 Å². The summed E-state index contributed by atoms with van der Waals surface area (Å²) in [6.07, 6.45) is 0. The Hall–Kier alpha value is -9.57. The van der Waals surface area contributed by atoms with Crippen LogP contribution in [-0.4, -0.2) is 15.0 Å². The SMILES string of the molecule is c1ccc(-c2cc(-c3ccccc3)cc(-c3cc(-c4ccc(-c5cc(-c6ccccc6)cc(-c6ccccc6)n5)cc4)cc(-c4ccc(-c5cc(-c6ccccc6)nc(-c6ccccc6)n5)cc4)c3)c2)cc1. The number of nitrogens with zero attached hydrogens (tertiary/aromatic N) is 3. The second-order valence-corrected chi connectivity index (χ2v) is 18.0.